The van der Waals surface area contributed by atoms with Gasteiger partial charge >= 0.3 is 0 Å². The van der Waals surface area contributed by atoms with Crippen molar-refractivity contribution in [2.24, 2.45) is 5.73 Å². The smallest absolute Gasteiger partial charge is 0.129 e. The molecule has 0 amide bonds. The Morgan fingerprint density at radius 2 is 1.88 bits per heavy atom. The number of rotatable bonds is 3. The fourth-order valence-electron chi connectivity index (χ4n) is 2.51. The average molecular weight is 241 g/mol. The van der Waals surface area contributed by atoms with E-state index in [0.717, 1.165) is 12.8 Å². The van der Waals surface area contributed by atoms with E-state index in [1.807, 2.05) is 0 Å². The maximum Gasteiger partial charge on any atom is 0.129 e. The van der Waals surface area contributed by atoms with Gasteiger partial charge < -0.3 is 10.5 Å². The molecule has 1 aliphatic carbocycles. The zero-order chi connectivity index (χ0) is 12.5. The third kappa shape index (κ3) is 2.33. The van der Waals surface area contributed by atoms with Crippen molar-refractivity contribution in [3.05, 3.63) is 34.9 Å². The highest BCUT2D eigenvalue weighted by atomic mass is 19.1. The van der Waals surface area contributed by atoms with Gasteiger partial charge in [-0.05, 0) is 25.0 Å². The second-order valence-corrected chi connectivity index (χ2v) is 4.72. The van der Waals surface area contributed by atoms with E-state index in [2.05, 4.69) is 0 Å². The van der Waals surface area contributed by atoms with E-state index in [-0.39, 0.29) is 12.2 Å². The number of ether oxygens (including phenoxy) is 1. The van der Waals surface area contributed by atoms with Crippen LogP contribution in [0.1, 0.15) is 36.8 Å². The van der Waals surface area contributed by atoms with Gasteiger partial charge in [-0.15, -0.1) is 0 Å². The Morgan fingerprint density at radius 3 is 2.47 bits per heavy atom. The summed E-state index contributed by atoms with van der Waals surface area (Å²) in [5, 5.41) is 0. The average Bonchev–Trinajstić information content (AvgIpc) is 2.71. The zero-order valence-corrected chi connectivity index (χ0v) is 9.93. The molecule has 0 aliphatic heterocycles. The summed E-state index contributed by atoms with van der Waals surface area (Å²) in [5.41, 5.74) is 5.97. The molecule has 4 heteroatoms. The molecule has 2 N–H and O–H groups in total. The normalized spacial score (nSPS) is 18.6. The van der Waals surface area contributed by atoms with Crippen LogP contribution in [0.3, 0.4) is 0 Å². The Kier molecular flexibility index (Phi) is 3.45. The SMILES string of the molecule is COCc1cc(F)c(C2(N)CCCC2)cc1F. The highest BCUT2D eigenvalue weighted by molar-refractivity contribution is 5.32. The van der Waals surface area contributed by atoms with Crippen LogP contribution < -0.4 is 5.73 Å². The number of hydrogen-bond donors (Lipinski definition) is 1. The van der Waals surface area contributed by atoms with Crippen molar-refractivity contribution >= 4 is 0 Å². The molecule has 1 fully saturated rings. The van der Waals surface area contributed by atoms with E-state index in [4.69, 9.17) is 10.5 Å². The summed E-state index contributed by atoms with van der Waals surface area (Å²) in [5.74, 6) is -0.872. The maximum absolute atomic E-state index is 13.9. The van der Waals surface area contributed by atoms with E-state index in [0.29, 0.717) is 18.4 Å². The number of halogens is 2. The van der Waals surface area contributed by atoms with E-state index in [9.17, 15) is 8.78 Å². The van der Waals surface area contributed by atoms with Crippen LogP contribution in [-0.2, 0) is 16.9 Å². The van der Waals surface area contributed by atoms with Crippen molar-refractivity contribution < 1.29 is 13.5 Å². The van der Waals surface area contributed by atoms with Crippen LogP contribution in [0.4, 0.5) is 8.78 Å². The first-order chi connectivity index (χ1) is 8.07. The fraction of sp³-hybridized carbons (Fsp3) is 0.538. The van der Waals surface area contributed by atoms with Crippen LogP contribution in [0.5, 0.6) is 0 Å². The molecule has 0 aromatic heterocycles. The van der Waals surface area contributed by atoms with E-state index in [1.165, 1.54) is 19.2 Å². The van der Waals surface area contributed by atoms with Gasteiger partial charge in [-0.1, -0.05) is 12.8 Å². The molecule has 2 rings (SSSR count). The number of benzene rings is 1. The monoisotopic (exact) mass is 241 g/mol. The number of methoxy groups -OCH3 is 1. The van der Waals surface area contributed by atoms with Crippen LogP contribution in [0, 0.1) is 11.6 Å². The lowest BCUT2D eigenvalue weighted by Crippen LogP contribution is -2.34. The van der Waals surface area contributed by atoms with Crippen LogP contribution in [0.15, 0.2) is 12.1 Å². The Morgan fingerprint density at radius 1 is 1.24 bits per heavy atom. The van der Waals surface area contributed by atoms with Gasteiger partial charge in [-0.25, -0.2) is 8.78 Å². The minimum absolute atomic E-state index is 0.0700. The van der Waals surface area contributed by atoms with Gasteiger partial charge in [0.2, 0.25) is 0 Å². The largest absolute Gasteiger partial charge is 0.380 e. The van der Waals surface area contributed by atoms with Crippen LogP contribution in [0.25, 0.3) is 0 Å². The van der Waals surface area contributed by atoms with Gasteiger partial charge in [-0.3, -0.25) is 0 Å². The summed E-state index contributed by atoms with van der Waals surface area (Å²) in [6.07, 6.45) is 3.37. The zero-order valence-electron chi connectivity index (χ0n) is 9.93. The molecule has 0 atom stereocenters. The molecule has 0 radical (unpaired) electrons. The minimum Gasteiger partial charge on any atom is -0.380 e. The first-order valence-corrected chi connectivity index (χ1v) is 5.83. The quantitative estimate of drug-likeness (QED) is 0.883. The fourth-order valence-corrected chi connectivity index (χ4v) is 2.51. The molecular weight excluding hydrogens is 224 g/mol. The molecule has 0 heterocycles. The molecule has 1 aromatic rings. The van der Waals surface area contributed by atoms with E-state index >= 15 is 0 Å². The Hall–Kier alpha value is -1.00. The lowest BCUT2D eigenvalue weighted by molar-refractivity contribution is 0.181. The molecule has 1 aliphatic rings. The summed E-state index contributed by atoms with van der Waals surface area (Å²) in [6, 6.07) is 2.43. The summed E-state index contributed by atoms with van der Waals surface area (Å²) >= 11 is 0. The van der Waals surface area contributed by atoms with E-state index < -0.39 is 17.2 Å². The number of hydrogen-bond acceptors (Lipinski definition) is 2. The molecule has 0 unspecified atom stereocenters. The second-order valence-electron chi connectivity index (χ2n) is 4.72. The first kappa shape index (κ1) is 12.5. The Labute approximate surface area is 99.8 Å². The lowest BCUT2D eigenvalue weighted by Gasteiger charge is -2.25. The standard InChI is InChI=1S/C13H17F2NO/c1-17-8-9-6-12(15)10(7-11(9)14)13(16)4-2-3-5-13/h6-7H,2-5,8,16H2,1H3. The van der Waals surface area contributed by atoms with E-state index in [1.54, 1.807) is 0 Å². The summed E-state index contributed by atoms with van der Waals surface area (Å²) in [6.45, 7) is 0.0700. The maximum atomic E-state index is 13.9. The summed E-state index contributed by atoms with van der Waals surface area (Å²) < 4.78 is 32.5. The van der Waals surface area contributed by atoms with Crippen molar-refractivity contribution in [2.45, 2.75) is 37.8 Å². The molecule has 1 saturated carbocycles. The molecule has 94 valence electrons. The predicted molar refractivity (Wildman–Crippen MR) is 61.4 cm³/mol. The molecular formula is C13H17F2NO. The highest BCUT2D eigenvalue weighted by Crippen LogP contribution is 2.38. The van der Waals surface area contributed by atoms with Crippen LogP contribution in [-0.4, -0.2) is 7.11 Å². The second kappa shape index (κ2) is 4.70. The van der Waals surface area contributed by atoms with Gasteiger partial charge in [0, 0.05) is 23.8 Å². The van der Waals surface area contributed by atoms with Crippen molar-refractivity contribution in [1.82, 2.24) is 0 Å². The van der Waals surface area contributed by atoms with Gasteiger partial charge in [0.1, 0.15) is 11.6 Å². The summed E-state index contributed by atoms with van der Waals surface area (Å²) in [7, 11) is 1.45. The molecule has 1 aromatic carbocycles. The third-order valence-corrected chi connectivity index (χ3v) is 3.47. The molecule has 17 heavy (non-hydrogen) atoms. The number of nitrogens with two attached hydrogens (primary N) is 1. The topological polar surface area (TPSA) is 35.2 Å². The molecule has 0 bridgehead atoms. The summed E-state index contributed by atoms with van der Waals surface area (Å²) in [4.78, 5) is 0. The van der Waals surface area contributed by atoms with Gasteiger partial charge in [0.15, 0.2) is 0 Å². The van der Waals surface area contributed by atoms with Gasteiger partial charge in [0.05, 0.1) is 6.61 Å². The molecule has 0 spiro atoms. The third-order valence-electron chi connectivity index (χ3n) is 3.47. The van der Waals surface area contributed by atoms with Crippen molar-refractivity contribution in [3.63, 3.8) is 0 Å². The minimum atomic E-state index is -0.698. The van der Waals surface area contributed by atoms with Crippen molar-refractivity contribution in [2.75, 3.05) is 7.11 Å². The lowest BCUT2D eigenvalue weighted by atomic mass is 9.88. The van der Waals surface area contributed by atoms with Crippen LogP contribution >= 0.6 is 0 Å². The Bertz CT molecular complexity index is 414. The van der Waals surface area contributed by atoms with Crippen molar-refractivity contribution in [1.29, 1.82) is 0 Å². The molecule has 2 nitrogen and oxygen atoms in total. The van der Waals surface area contributed by atoms with Gasteiger partial charge in [0.25, 0.3) is 0 Å². The first-order valence-electron chi connectivity index (χ1n) is 5.83. The van der Waals surface area contributed by atoms with Crippen LogP contribution in [0.2, 0.25) is 0 Å². The molecule has 0 saturated heterocycles. The van der Waals surface area contributed by atoms with Crippen molar-refractivity contribution in [3.8, 4) is 0 Å². The Balaban J connectivity index is 2.39. The highest BCUT2D eigenvalue weighted by Gasteiger charge is 2.34. The predicted octanol–water partition coefficient (Wildman–Crippen LogP) is 2.84. The van der Waals surface area contributed by atoms with Gasteiger partial charge in [-0.2, -0.15) is 0 Å².